The van der Waals surface area contributed by atoms with Gasteiger partial charge < -0.3 is 19.7 Å². The number of aliphatic hydroxyl groups is 2. The number of Topliss-reactive ketones (excluding diaryl/α,β-unsaturated/α-hetero) is 1. The van der Waals surface area contributed by atoms with Crippen LogP contribution in [-0.2, 0) is 14.3 Å². The van der Waals surface area contributed by atoms with Crippen molar-refractivity contribution < 1.29 is 33.7 Å². The van der Waals surface area contributed by atoms with Gasteiger partial charge in [-0.3, -0.25) is 9.59 Å². The predicted molar refractivity (Wildman–Crippen MR) is 132 cm³/mol. The Morgan fingerprint density at radius 2 is 2.14 bits per heavy atom. The highest BCUT2D eigenvalue weighted by molar-refractivity contribution is 7.11. The van der Waals surface area contributed by atoms with Gasteiger partial charge in [0.05, 0.1) is 36.8 Å². The Balaban J connectivity index is 1.90. The Morgan fingerprint density at radius 1 is 1.40 bits per heavy atom. The minimum absolute atomic E-state index is 0.213. The summed E-state index contributed by atoms with van der Waals surface area (Å²) in [5, 5.41) is 24.0. The van der Waals surface area contributed by atoms with Crippen LogP contribution < -0.4 is 4.74 Å². The molecule has 0 saturated heterocycles. The summed E-state index contributed by atoms with van der Waals surface area (Å²) in [6.45, 7) is 4.53. The van der Waals surface area contributed by atoms with Crippen LogP contribution in [0.3, 0.4) is 0 Å². The molecule has 1 aromatic heterocycles. The summed E-state index contributed by atoms with van der Waals surface area (Å²) >= 11 is 1.34. The second-order valence-electron chi connectivity index (χ2n) is 9.98. The molecule has 0 unspecified atom stereocenters. The summed E-state index contributed by atoms with van der Waals surface area (Å²) in [6.07, 6.45) is 2.83. The highest BCUT2D eigenvalue weighted by atomic mass is 32.1. The Morgan fingerprint density at radius 3 is 2.80 bits per heavy atom. The second kappa shape index (κ2) is 11.8. The summed E-state index contributed by atoms with van der Waals surface area (Å²) in [4.78, 5) is 30.3. The number of cyclic esters (lactones) is 1. The number of aromatic nitrogens is 1. The van der Waals surface area contributed by atoms with E-state index in [1.165, 1.54) is 18.4 Å². The molecule has 0 spiro atoms. The maximum absolute atomic E-state index is 13.8. The maximum Gasteiger partial charge on any atom is 0.309 e. The average Bonchev–Trinajstić information content (AvgIpc) is 3.28. The van der Waals surface area contributed by atoms with Crippen LogP contribution in [0.4, 0.5) is 4.39 Å². The Hall–Kier alpha value is -2.10. The van der Waals surface area contributed by atoms with Gasteiger partial charge in [-0.1, -0.05) is 31.3 Å². The number of carbonyl (C=O) groups is 2. The lowest BCUT2D eigenvalue weighted by Gasteiger charge is -2.45. The number of rotatable bonds is 4. The van der Waals surface area contributed by atoms with E-state index < -0.39 is 42.3 Å². The van der Waals surface area contributed by atoms with Crippen molar-refractivity contribution in [1.29, 1.82) is 0 Å². The van der Waals surface area contributed by atoms with Crippen molar-refractivity contribution in [3.05, 3.63) is 28.3 Å². The first-order valence-corrected chi connectivity index (χ1v) is 13.0. The molecule has 1 aliphatic heterocycles. The van der Waals surface area contributed by atoms with Gasteiger partial charge in [-0.25, -0.2) is 9.37 Å². The fourth-order valence-electron chi connectivity index (χ4n) is 5.18. The molecule has 2 heterocycles. The number of hydrogen-bond donors (Lipinski definition) is 2. The van der Waals surface area contributed by atoms with Crippen LogP contribution in [0.25, 0.3) is 6.08 Å². The van der Waals surface area contributed by atoms with Crippen molar-refractivity contribution >= 4 is 29.2 Å². The number of methoxy groups -OCH3 is 1. The third kappa shape index (κ3) is 6.37. The number of fused-ring (bicyclic) bond motifs is 2. The van der Waals surface area contributed by atoms with Gasteiger partial charge in [0.25, 0.3) is 5.19 Å². The SMILES string of the molecule is COc1nc(/C=C(\C)[C@@H]2C/C=C(/CF)CCC[C@@H]3C[C@@](C)(C(=O)[C@H](C)[C@H]3O)[C@@H](O)CC(=O)O2)cs1. The number of aliphatic hydroxyl groups excluding tert-OH is 2. The molecule has 35 heavy (non-hydrogen) atoms. The fraction of sp³-hybridized carbons (Fsp3) is 0.654. The van der Waals surface area contributed by atoms with E-state index in [9.17, 15) is 24.2 Å². The molecule has 9 heteroatoms. The molecule has 2 aliphatic rings. The first kappa shape index (κ1) is 27.5. The number of thiazole rings is 1. The van der Waals surface area contributed by atoms with Crippen LogP contribution in [0.5, 0.6) is 5.19 Å². The zero-order valence-electron chi connectivity index (χ0n) is 20.8. The molecule has 1 fully saturated rings. The second-order valence-corrected chi connectivity index (χ2v) is 10.8. The van der Waals surface area contributed by atoms with Gasteiger partial charge in [-0.2, -0.15) is 0 Å². The number of nitrogens with zero attached hydrogens (tertiary/aromatic N) is 1. The van der Waals surface area contributed by atoms with Crippen molar-refractivity contribution in [2.75, 3.05) is 13.8 Å². The largest absolute Gasteiger partial charge is 0.473 e. The molecule has 0 aromatic carbocycles. The van der Waals surface area contributed by atoms with E-state index in [-0.39, 0.29) is 31.0 Å². The molecule has 7 nitrogen and oxygen atoms in total. The zero-order valence-corrected chi connectivity index (χ0v) is 21.6. The van der Waals surface area contributed by atoms with Crippen LogP contribution in [-0.4, -0.2) is 59.0 Å². The molecule has 1 saturated carbocycles. The van der Waals surface area contributed by atoms with E-state index in [0.29, 0.717) is 35.7 Å². The average molecular weight is 510 g/mol. The van der Waals surface area contributed by atoms with Gasteiger partial charge in [-0.05, 0) is 55.7 Å². The van der Waals surface area contributed by atoms with Crippen LogP contribution >= 0.6 is 11.3 Å². The molecule has 3 rings (SSSR count). The minimum atomic E-state index is -1.23. The lowest BCUT2D eigenvalue weighted by atomic mass is 9.60. The van der Waals surface area contributed by atoms with Crippen LogP contribution in [0.1, 0.15) is 65.0 Å². The van der Waals surface area contributed by atoms with Crippen LogP contribution in [0.2, 0.25) is 0 Å². The molecule has 0 amide bonds. The number of alkyl halides is 1. The Bertz CT molecular complexity index is 975. The maximum atomic E-state index is 13.8. The zero-order chi connectivity index (χ0) is 25.8. The molecule has 1 aliphatic carbocycles. The standard InChI is InChI=1S/C26H36FNO6S/c1-15(10-19-14-35-25(28-19)33-4)20-9-8-17(13-27)6-5-7-18-12-26(3,21(29)11-22(30)34-20)24(32)16(2)23(18)31/h8,10,14,16,18,20-21,23,29,31H,5-7,9,11-13H2,1-4H3/b15-10+,17-8+/t16-,18-,20+,21+,23-,26-/m1/s1. The number of carbonyl (C=O) groups excluding carboxylic acids is 2. The quantitative estimate of drug-likeness (QED) is 0.461. The first-order chi connectivity index (χ1) is 16.6. The summed E-state index contributed by atoms with van der Waals surface area (Å²) < 4.78 is 24.6. The molecule has 1 aromatic rings. The topological polar surface area (TPSA) is 106 Å². The normalized spacial score (nSPS) is 35.0. The fourth-order valence-corrected chi connectivity index (χ4v) is 5.78. The van der Waals surface area contributed by atoms with Crippen LogP contribution in [0.15, 0.2) is 22.6 Å². The Kier molecular flexibility index (Phi) is 9.23. The molecule has 0 radical (unpaired) electrons. The number of esters is 1. The van der Waals surface area contributed by atoms with E-state index in [1.807, 2.05) is 12.3 Å². The minimum Gasteiger partial charge on any atom is -0.473 e. The molecule has 2 bridgehead atoms. The van der Waals surface area contributed by atoms with Crippen molar-refractivity contribution in [3.63, 3.8) is 0 Å². The Labute approximate surface area is 210 Å². The third-order valence-electron chi connectivity index (χ3n) is 7.45. The van der Waals surface area contributed by atoms with E-state index in [2.05, 4.69) is 4.98 Å². The smallest absolute Gasteiger partial charge is 0.309 e. The van der Waals surface area contributed by atoms with Gasteiger partial charge in [-0.15, -0.1) is 0 Å². The summed E-state index contributed by atoms with van der Waals surface area (Å²) in [5.41, 5.74) is 0.832. The van der Waals surface area contributed by atoms with E-state index in [0.717, 1.165) is 5.57 Å². The van der Waals surface area contributed by atoms with Crippen molar-refractivity contribution in [3.8, 4) is 5.19 Å². The van der Waals surface area contributed by atoms with Crippen LogP contribution in [0, 0.1) is 17.3 Å². The molecular weight excluding hydrogens is 473 g/mol. The summed E-state index contributed by atoms with van der Waals surface area (Å²) in [6, 6.07) is 0. The number of ketones is 1. The lowest BCUT2D eigenvalue weighted by molar-refractivity contribution is -0.161. The van der Waals surface area contributed by atoms with Gasteiger partial charge in [0, 0.05) is 17.7 Å². The van der Waals surface area contributed by atoms with Crippen molar-refractivity contribution in [1.82, 2.24) is 4.98 Å². The number of ether oxygens (including phenoxy) is 2. The van der Waals surface area contributed by atoms with Gasteiger partial charge >= 0.3 is 5.97 Å². The highest BCUT2D eigenvalue weighted by Gasteiger charge is 2.51. The summed E-state index contributed by atoms with van der Waals surface area (Å²) in [7, 11) is 1.54. The monoisotopic (exact) mass is 509 g/mol. The van der Waals surface area contributed by atoms with Crippen molar-refractivity contribution in [2.24, 2.45) is 17.3 Å². The number of hydrogen-bond acceptors (Lipinski definition) is 8. The highest BCUT2D eigenvalue weighted by Crippen LogP contribution is 2.45. The van der Waals surface area contributed by atoms with Crippen molar-refractivity contribution in [2.45, 2.75) is 77.6 Å². The van der Waals surface area contributed by atoms with E-state index in [4.69, 9.17) is 9.47 Å². The van der Waals surface area contributed by atoms with E-state index in [1.54, 1.807) is 26.0 Å². The van der Waals surface area contributed by atoms with Gasteiger partial charge in [0.1, 0.15) is 18.6 Å². The van der Waals surface area contributed by atoms with Gasteiger partial charge in [0.15, 0.2) is 0 Å². The van der Waals surface area contributed by atoms with E-state index >= 15 is 0 Å². The first-order valence-electron chi connectivity index (χ1n) is 12.1. The predicted octanol–water partition coefficient (Wildman–Crippen LogP) is 4.28. The molecule has 194 valence electrons. The summed E-state index contributed by atoms with van der Waals surface area (Å²) in [5.74, 6) is -1.75. The van der Waals surface area contributed by atoms with Gasteiger partial charge in [0.2, 0.25) is 0 Å². The molecular formula is C26H36FNO6S. The molecule has 6 atom stereocenters. The lowest BCUT2D eigenvalue weighted by Crippen LogP contribution is -2.54. The third-order valence-corrected chi connectivity index (χ3v) is 8.27. The molecule has 2 N–H and O–H groups in total. The number of allylic oxidation sites excluding steroid dienone is 1. The number of halogens is 1.